The number of hydrogen-bond acceptors (Lipinski definition) is 3. The Kier molecular flexibility index (Phi) is 4.10. The molecule has 0 fully saturated rings. The van der Waals surface area contributed by atoms with Crippen LogP contribution in [-0.2, 0) is 0 Å². The van der Waals surface area contributed by atoms with Gasteiger partial charge in [-0.1, -0.05) is 12.1 Å². The van der Waals surface area contributed by atoms with Gasteiger partial charge >= 0.3 is 0 Å². The van der Waals surface area contributed by atoms with Gasteiger partial charge in [0, 0.05) is 22.9 Å². The Balaban J connectivity index is 2.06. The minimum Gasteiger partial charge on any atom is -0.293 e. The Morgan fingerprint density at radius 1 is 1.33 bits per heavy atom. The number of carbonyl (C=O) groups excluding carboxylic acids is 1. The molecule has 0 bridgehead atoms. The minimum absolute atomic E-state index is 0.0335. The van der Waals surface area contributed by atoms with E-state index < -0.39 is 0 Å². The maximum atomic E-state index is 13.4. The third-order valence-electron chi connectivity index (χ3n) is 2.53. The minimum atomic E-state index is -0.293. The van der Waals surface area contributed by atoms with Crippen molar-refractivity contribution in [1.29, 1.82) is 0 Å². The van der Waals surface area contributed by atoms with E-state index in [1.165, 1.54) is 17.8 Å². The van der Waals surface area contributed by atoms with Gasteiger partial charge in [-0.3, -0.25) is 9.78 Å². The largest absolute Gasteiger partial charge is 0.293 e. The van der Waals surface area contributed by atoms with Crippen molar-refractivity contribution in [1.82, 2.24) is 4.98 Å². The number of aryl methyl sites for hydroxylation is 1. The number of Topliss-reactive ketones (excluding diaryl/α,β-unsaturated/α-hetero) is 1. The molecule has 0 atom stereocenters. The van der Waals surface area contributed by atoms with E-state index >= 15 is 0 Å². The first kappa shape index (κ1) is 12.8. The molecule has 0 saturated carbocycles. The summed E-state index contributed by atoms with van der Waals surface area (Å²) >= 11 is 1.21. The van der Waals surface area contributed by atoms with Crippen LogP contribution in [0.15, 0.2) is 47.6 Å². The zero-order valence-corrected chi connectivity index (χ0v) is 10.7. The maximum absolute atomic E-state index is 13.4. The number of benzene rings is 1. The molecular formula is C14H12FNOS. The summed E-state index contributed by atoms with van der Waals surface area (Å²) < 4.78 is 13.4. The number of aromatic nitrogens is 1. The first-order valence-electron chi connectivity index (χ1n) is 5.49. The molecule has 1 heterocycles. The lowest BCUT2D eigenvalue weighted by atomic mass is 10.1. The molecule has 0 saturated heterocycles. The van der Waals surface area contributed by atoms with Gasteiger partial charge in [-0.2, -0.15) is 0 Å². The predicted octanol–water partition coefficient (Wildman–Crippen LogP) is 3.50. The zero-order chi connectivity index (χ0) is 13.0. The number of thioether (sulfide) groups is 1. The topological polar surface area (TPSA) is 30.0 Å². The molecule has 1 aromatic heterocycles. The molecule has 0 amide bonds. The van der Waals surface area contributed by atoms with Gasteiger partial charge in [0.25, 0.3) is 0 Å². The average molecular weight is 261 g/mol. The number of hydrogen-bond donors (Lipinski definition) is 0. The first-order valence-corrected chi connectivity index (χ1v) is 6.48. The fourth-order valence-corrected chi connectivity index (χ4v) is 2.36. The van der Waals surface area contributed by atoms with Crippen molar-refractivity contribution in [3.05, 3.63) is 59.7 Å². The van der Waals surface area contributed by atoms with Crippen molar-refractivity contribution in [3.8, 4) is 0 Å². The van der Waals surface area contributed by atoms with Crippen molar-refractivity contribution < 1.29 is 9.18 Å². The summed E-state index contributed by atoms with van der Waals surface area (Å²) in [6.07, 6.45) is 3.20. The Bertz CT molecular complexity index is 571. The van der Waals surface area contributed by atoms with Crippen molar-refractivity contribution in [2.75, 3.05) is 5.75 Å². The Morgan fingerprint density at radius 2 is 2.11 bits per heavy atom. The van der Waals surface area contributed by atoms with Gasteiger partial charge in [0.1, 0.15) is 5.82 Å². The highest BCUT2D eigenvalue weighted by atomic mass is 32.2. The van der Waals surface area contributed by atoms with E-state index in [4.69, 9.17) is 0 Å². The quantitative estimate of drug-likeness (QED) is 0.623. The summed E-state index contributed by atoms with van der Waals surface area (Å²) in [6.45, 7) is 1.86. The number of halogens is 1. The molecule has 0 aliphatic carbocycles. The van der Waals surface area contributed by atoms with Gasteiger partial charge in [0.05, 0.1) is 5.75 Å². The standard InChI is InChI=1S/C14H12FNOS/c1-10-6-7-16-8-11(10)13(17)9-18-14-5-3-2-4-12(14)15/h2-8H,9H2,1H3. The van der Waals surface area contributed by atoms with Crippen molar-refractivity contribution in [2.45, 2.75) is 11.8 Å². The number of rotatable bonds is 4. The van der Waals surface area contributed by atoms with Crippen LogP contribution < -0.4 is 0 Å². The number of pyridine rings is 1. The molecule has 0 N–H and O–H groups in total. The smallest absolute Gasteiger partial charge is 0.174 e. The lowest BCUT2D eigenvalue weighted by Crippen LogP contribution is -2.05. The van der Waals surface area contributed by atoms with E-state index in [1.54, 1.807) is 36.7 Å². The van der Waals surface area contributed by atoms with Crippen molar-refractivity contribution in [3.63, 3.8) is 0 Å². The third-order valence-corrected chi connectivity index (χ3v) is 3.58. The molecule has 0 unspecified atom stereocenters. The zero-order valence-electron chi connectivity index (χ0n) is 9.89. The van der Waals surface area contributed by atoms with Crippen molar-refractivity contribution in [2.24, 2.45) is 0 Å². The van der Waals surface area contributed by atoms with E-state index in [9.17, 15) is 9.18 Å². The molecule has 18 heavy (non-hydrogen) atoms. The highest BCUT2D eigenvalue weighted by Gasteiger charge is 2.10. The molecule has 2 aromatic rings. The number of carbonyl (C=O) groups is 1. The lowest BCUT2D eigenvalue weighted by Gasteiger charge is -2.04. The third kappa shape index (κ3) is 2.96. The monoisotopic (exact) mass is 261 g/mol. The summed E-state index contributed by atoms with van der Waals surface area (Å²) in [5, 5.41) is 0. The van der Waals surface area contributed by atoms with E-state index in [0.717, 1.165) is 5.56 Å². The van der Waals surface area contributed by atoms with Crippen LogP contribution in [0.3, 0.4) is 0 Å². The second kappa shape index (κ2) is 5.78. The van der Waals surface area contributed by atoms with E-state index in [0.29, 0.717) is 10.5 Å². The van der Waals surface area contributed by atoms with Crippen LogP contribution in [-0.4, -0.2) is 16.5 Å². The summed E-state index contributed by atoms with van der Waals surface area (Å²) in [5.74, 6) is -0.111. The fourth-order valence-electron chi connectivity index (χ4n) is 1.54. The molecule has 2 nitrogen and oxygen atoms in total. The summed E-state index contributed by atoms with van der Waals surface area (Å²) in [7, 11) is 0. The summed E-state index contributed by atoms with van der Waals surface area (Å²) in [5.41, 5.74) is 1.49. The van der Waals surface area contributed by atoms with Gasteiger partial charge in [-0.05, 0) is 30.7 Å². The van der Waals surface area contributed by atoms with Crippen LogP contribution in [0.4, 0.5) is 4.39 Å². The van der Waals surface area contributed by atoms with Crippen LogP contribution in [0.5, 0.6) is 0 Å². The number of nitrogens with zero attached hydrogens (tertiary/aromatic N) is 1. The molecule has 2 rings (SSSR count). The highest BCUT2D eigenvalue weighted by Crippen LogP contribution is 2.22. The van der Waals surface area contributed by atoms with Crippen LogP contribution in [0.2, 0.25) is 0 Å². The molecule has 0 spiro atoms. The van der Waals surface area contributed by atoms with Gasteiger partial charge in [-0.15, -0.1) is 11.8 Å². The predicted molar refractivity (Wildman–Crippen MR) is 70.4 cm³/mol. The van der Waals surface area contributed by atoms with Crippen LogP contribution in [0.25, 0.3) is 0 Å². The van der Waals surface area contributed by atoms with Crippen LogP contribution >= 0.6 is 11.8 Å². The molecule has 0 radical (unpaired) electrons. The van der Waals surface area contributed by atoms with Gasteiger partial charge in [0.2, 0.25) is 0 Å². The van der Waals surface area contributed by atoms with Crippen molar-refractivity contribution >= 4 is 17.5 Å². The molecule has 0 aliphatic rings. The second-order valence-electron chi connectivity index (χ2n) is 3.83. The number of ketones is 1. The molecular weight excluding hydrogens is 249 g/mol. The second-order valence-corrected chi connectivity index (χ2v) is 4.85. The normalized spacial score (nSPS) is 10.3. The molecule has 1 aromatic carbocycles. The Labute approximate surface area is 109 Å². The van der Waals surface area contributed by atoms with Crippen LogP contribution in [0.1, 0.15) is 15.9 Å². The van der Waals surface area contributed by atoms with Gasteiger partial charge < -0.3 is 0 Å². The lowest BCUT2D eigenvalue weighted by molar-refractivity contribution is 0.102. The Hall–Kier alpha value is -1.68. The SMILES string of the molecule is Cc1ccncc1C(=O)CSc1ccccc1F. The van der Waals surface area contributed by atoms with Crippen LogP contribution in [0, 0.1) is 12.7 Å². The van der Waals surface area contributed by atoms with Gasteiger partial charge in [-0.25, -0.2) is 4.39 Å². The summed E-state index contributed by atoms with van der Waals surface area (Å²) in [6, 6.07) is 8.24. The Morgan fingerprint density at radius 3 is 2.83 bits per heavy atom. The van der Waals surface area contributed by atoms with Gasteiger partial charge in [0.15, 0.2) is 5.78 Å². The molecule has 0 aliphatic heterocycles. The highest BCUT2D eigenvalue weighted by molar-refractivity contribution is 8.00. The van der Waals surface area contributed by atoms with E-state index in [-0.39, 0.29) is 17.4 Å². The molecule has 4 heteroatoms. The maximum Gasteiger partial charge on any atom is 0.174 e. The first-order chi connectivity index (χ1) is 8.68. The van der Waals surface area contributed by atoms with E-state index in [2.05, 4.69) is 4.98 Å². The van der Waals surface area contributed by atoms with E-state index in [1.807, 2.05) is 6.92 Å². The summed E-state index contributed by atoms with van der Waals surface area (Å²) in [4.78, 5) is 16.4. The average Bonchev–Trinajstić information content (AvgIpc) is 2.38. The fraction of sp³-hybridized carbons (Fsp3) is 0.143. The molecule has 92 valence electrons.